The molecule has 1 spiro atoms. The molecule has 3 aliphatic rings. The maximum absolute atomic E-state index is 14.4. The number of thioether (sulfide) groups is 1. The monoisotopic (exact) mass is 553 g/mol. The fraction of sp³-hybridized carbons (Fsp3) is 0.581. The first-order valence-electron chi connectivity index (χ1n) is 14.1. The Morgan fingerprint density at radius 3 is 2.36 bits per heavy atom. The van der Waals surface area contributed by atoms with Crippen LogP contribution in [0.4, 0.5) is 0 Å². The van der Waals surface area contributed by atoms with Gasteiger partial charge in [0.15, 0.2) is 0 Å². The van der Waals surface area contributed by atoms with Crippen molar-refractivity contribution in [3.8, 4) is 0 Å². The second-order valence-electron chi connectivity index (χ2n) is 11.7. The van der Waals surface area contributed by atoms with Gasteiger partial charge in [-0.25, -0.2) is 0 Å². The van der Waals surface area contributed by atoms with Crippen LogP contribution in [0.15, 0.2) is 55.6 Å². The zero-order valence-electron chi connectivity index (χ0n) is 23.7. The third-order valence-corrected chi connectivity index (χ3v) is 10.6. The highest BCUT2D eigenvalue weighted by molar-refractivity contribution is 8.02. The van der Waals surface area contributed by atoms with Crippen LogP contribution in [-0.4, -0.2) is 85.3 Å². The van der Waals surface area contributed by atoms with Crippen molar-refractivity contribution in [1.82, 2.24) is 14.7 Å². The van der Waals surface area contributed by atoms with Crippen molar-refractivity contribution >= 4 is 29.5 Å². The average molecular weight is 554 g/mol. The predicted octanol–water partition coefficient (Wildman–Crippen LogP) is 3.73. The Kier molecular flexibility index (Phi) is 8.96. The summed E-state index contributed by atoms with van der Waals surface area (Å²) in [6.45, 7) is 16.5. The van der Waals surface area contributed by atoms with Crippen LogP contribution >= 0.6 is 11.8 Å². The second kappa shape index (κ2) is 11.9. The minimum Gasteiger partial charge on any atom is -0.394 e. The molecular weight excluding hydrogens is 510 g/mol. The number of aliphatic hydroxyl groups is 1. The molecule has 1 aromatic carbocycles. The lowest BCUT2D eigenvalue weighted by Gasteiger charge is -2.41. The van der Waals surface area contributed by atoms with Crippen LogP contribution in [0, 0.1) is 17.8 Å². The summed E-state index contributed by atoms with van der Waals surface area (Å²) in [4.78, 5) is 48.2. The van der Waals surface area contributed by atoms with Crippen LogP contribution in [0.25, 0.3) is 0 Å². The summed E-state index contributed by atoms with van der Waals surface area (Å²) < 4.78 is -0.692. The largest absolute Gasteiger partial charge is 0.394 e. The third-order valence-electron chi connectivity index (χ3n) is 8.68. The molecule has 7 nitrogen and oxygen atoms in total. The summed E-state index contributed by atoms with van der Waals surface area (Å²) in [5.74, 6) is -1.51. The maximum Gasteiger partial charge on any atom is 0.247 e. The first kappa shape index (κ1) is 29.4. The number of carbonyl (C=O) groups is 3. The van der Waals surface area contributed by atoms with Crippen LogP contribution in [-0.2, 0) is 20.9 Å². The van der Waals surface area contributed by atoms with E-state index in [1.807, 2.05) is 58.0 Å². The summed E-state index contributed by atoms with van der Waals surface area (Å²) in [7, 11) is 0. The molecule has 4 rings (SSSR count). The Morgan fingerprint density at radius 1 is 1.13 bits per heavy atom. The molecule has 1 N–H and O–H groups in total. The van der Waals surface area contributed by atoms with Crippen LogP contribution < -0.4 is 0 Å². The Bertz CT molecular complexity index is 1090. The van der Waals surface area contributed by atoms with Crippen molar-refractivity contribution < 1.29 is 19.5 Å². The number of likely N-dealkylation sites (tertiary alicyclic amines) is 1. The molecule has 3 aliphatic heterocycles. The van der Waals surface area contributed by atoms with Gasteiger partial charge in [0.2, 0.25) is 17.7 Å². The summed E-state index contributed by atoms with van der Waals surface area (Å²) in [6.07, 6.45) is 4.92. The quantitative estimate of drug-likeness (QED) is 0.399. The maximum atomic E-state index is 14.4. The Balaban J connectivity index is 1.76. The van der Waals surface area contributed by atoms with Gasteiger partial charge in [-0.15, -0.1) is 24.9 Å². The van der Waals surface area contributed by atoms with Gasteiger partial charge in [-0.2, -0.15) is 0 Å². The molecule has 3 fully saturated rings. The number of nitrogens with zero attached hydrogens (tertiary/aromatic N) is 3. The van der Waals surface area contributed by atoms with Gasteiger partial charge in [-0.05, 0) is 38.2 Å². The first-order valence-corrected chi connectivity index (χ1v) is 15.0. The van der Waals surface area contributed by atoms with Gasteiger partial charge >= 0.3 is 0 Å². The molecule has 8 heteroatoms. The molecular formula is C31H43N3O4S. The fourth-order valence-corrected chi connectivity index (χ4v) is 9.08. The molecule has 1 aromatic rings. The van der Waals surface area contributed by atoms with Crippen molar-refractivity contribution in [1.29, 1.82) is 0 Å². The number of rotatable bonds is 12. The molecule has 0 radical (unpaired) electrons. The Labute approximate surface area is 237 Å². The summed E-state index contributed by atoms with van der Waals surface area (Å²) in [5.41, 5.74) is 1.02. The van der Waals surface area contributed by atoms with Gasteiger partial charge in [0.1, 0.15) is 6.04 Å². The van der Waals surface area contributed by atoms with Crippen LogP contribution in [0.1, 0.15) is 46.1 Å². The Morgan fingerprint density at radius 2 is 1.79 bits per heavy atom. The molecule has 39 heavy (non-hydrogen) atoms. The number of hydrogen-bond donors (Lipinski definition) is 1. The average Bonchev–Trinajstić information content (AvgIpc) is 3.55. The van der Waals surface area contributed by atoms with Crippen molar-refractivity contribution in [2.75, 3.05) is 19.7 Å². The van der Waals surface area contributed by atoms with Gasteiger partial charge in [-0.3, -0.25) is 14.4 Å². The van der Waals surface area contributed by atoms with Crippen LogP contribution in [0.3, 0.4) is 0 Å². The SMILES string of the molecule is C=CCN(Cc1ccccc1)C(=O)[C@@H]1[C@H]2C(=O)N([C@@H](CO)C(C)C)C(C(=O)N(CC=C)C(C)C)C23CC[C@H]1S3. The van der Waals surface area contributed by atoms with Gasteiger partial charge in [0, 0.05) is 30.9 Å². The molecule has 2 unspecified atom stereocenters. The molecule has 3 heterocycles. The van der Waals surface area contributed by atoms with E-state index in [-0.39, 0.29) is 41.5 Å². The molecule has 2 bridgehead atoms. The number of carbonyl (C=O) groups excluding carboxylic acids is 3. The minimum atomic E-state index is -0.730. The topological polar surface area (TPSA) is 81.2 Å². The van der Waals surface area contributed by atoms with Crippen LogP contribution in [0.5, 0.6) is 0 Å². The van der Waals surface area contributed by atoms with Crippen molar-refractivity contribution in [3.05, 3.63) is 61.2 Å². The van der Waals surface area contributed by atoms with Crippen molar-refractivity contribution in [3.63, 3.8) is 0 Å². The van der Waals surface area contributed by atoms with Crippen LogP contribution in [0.2, 0.25) is 0 Å². The van der Waals surface area contributed by atoms with Gasteiger partial charge in [0.05, 0.1) is 29.2 Å². The normalized spacial score (nSPS) is 28.1. The molecule has 3 saturated heterocycles. The lowest BCUT2D eigenvalue weighted by Crippen LogP contribution is -2.59. The van der Waals surface area contributed by atoms with Gasteiger partial charge < -0.3 is 19.8 Å². The molecule has 0 saturated carbocycles. The van der Waals surface area contributed by atoms with Gasteiger partial charge in [-0.1, -0.05) is 56.3 Å². The second-order valence-corrected chi connectivity index (χ2v) is 13.3. The highest BCUT2D eigenvalue weighted by Gasteiger charge is 2.74. The van der Waals surface area contributed by atoms with E-state index < -0.39 is 28.7 Å². The highest BCUT2D eigenvalue weighted by atomic mass is 32.2. The number of benzene rings is 1. The standard InChI is InChI=1S/C31H43N3O4S/c1-7-16-32(18-22-12-10-9-11-13-22)28(36)25-24-14-15-31(39-24)26(25)29(37)34(23(19-35)20(3)4)27(31)30(38)33(17-8-2)21(5)6/h7-13,20-21,23-27,35H,1-2,14-19H2,3-6H3/t23-,24+,25-,26-,27?,31?/m0/s1. The Hall–Kier alpha value is -2.58. The molecule has 0 aromatic heterocycles. The molecule has 3 amide bonds. The number of amides is 3. The zero-order valence-corrected chi connectivity index (χ0v) is 24.5. The molecule has 6 atom stereocenters. The lowest BCUT2D eigenvalue weighted by molar-refractivity contribution is -0.148. The smallest absolute Gasteiger partial charge is 0.247 e. The van der Waals surface area contributed by atoms with E-state index in [2.05, 4.69) is 13.2 Å². The predicted molar refractivity (Wildman–Crippen MR) is 156 cm³/mol. The lowest BCUT2D eigenvalue weighted by atomic mass is 9.70. The third kappa shape index (κ3) is 5.06. The van der Waals surface area contributed by atoms with E-state index in [4.69, 9.17) is 0 Å². The zero-order chi connectivity index (χ0) is 28.5. The van der Waals surface area contributed by atoms with Crippen molar-refractivity contribution in [2.45, 2.75) is 75.2 Å². The fourth-order valence-electron chi connectivity index (χ4n) is 6.88. The van der Waals surface area contributed by atoms with E-state index in [1.165, 1.54) is 0 Å². The summed E-state index contributed by atoms with van der Waals surface area (Å²) in [6, 6.07) is 8.52. The van der Waals surface area contributed by atoms with E-state index >= 15 is 0 Å². The van der Waals surface area contributed by atoms with Crippen molar-refractivity contribution in [2.24, 2.45) is 17.8 Å². The molecule has 212 valence electrons. The number of fused-ring (bicyclic) bond motifs is 1. The first-order chi connectivity index (χ1) is 18.6. The number of aliphatic hydroxyl groups excluding tert-OH is 1. The highest BCUT2D eigenvalue weighted by Crippen LogP contribution is 2.67. The van der Waals surface area contributed by atoms with E-state index in [0.717, 1.165) is 12.0 Å². The summed E-state index contributed by atoms with van der Waals surface area (Å²) >= 11 is 1.67. The minimum absolute atomic E-state index is 0.0227. The van der Waals surface area contributed by atoms with E-state index in [1.54, 1.807) is 38.6 Å². The molecule has 0 aliphatic carbocycles. The summed E-state index contributed by atoms with van der Waals surface area (Å²) in [5, 5.41) is 10.4. The number of hydrogen-bond acceptors (Lipinski definition) is 5. The van der Waals surface area contributed by atoms with Gasteiger partial charge in [0.25, 0.3) is 0 Å². The van der Waals surface area contributed by atoms with E-state index in [0.29, 0.717) is 26.1 Å². The van der Waals surface area contributed by atoms with E-state index in [9.17, 15) is 19.5 Å².